The number of carbonyl (C=O) groups excluding carboxylic acids is 1. The number of hydrogen-bond donors (Lipinski definition) is 2. The lowest BCUT2D eigenvalue weighted by molar-refractivity contribution is -0.122. The molecule has 1 saturated carbocycles. The fraction of sp³-hybridized carbons (Fsp3) is 0.667. The number of nitrogens with one attached hydrogen (secondary N) is 1. The molecule has 0 spiro atoms. The lowest BCUT2D eigenvalue weighted by Gasteiger charge is -2.11. The summed E-state index contributed by atoms with van der Waals surface area (Å²) in [6.45, 7) is 4.14. The minimum absolute atomic E-state index is 0.0862. The number of nitrogens with two attached hydrogens (primary N) is 1. The number of hydrogen-bond acceptors (Lipinski definition) is 4. The maximum atomic E-state index is 11.7. The van der Waals surface area contributed by atoms with E-state index in [0.29, 0.717) is 12.5 Å². The average Bonchev–Trinajstić information content (AvgIpc) is 3.04. The van der Waals surface area contributed by atoms with Crippen LogP contribution in [0.1, 0.15) is 36.3 Å². The molecule has 1 amide bonds. The van der Waals surface area contributed by atoms with Crippen LogP contribution >= 0.6 is 0 Å². The third-order valence-electron chi connectivity index (χ3n) is 3.24. The second kappa shape index (κ2) is 4.87. The minimum atomic E-state index is -0.386. The standard InChI is InChI=1S/C12H19N3O2/c1-7-10(8(2)17-15-7)6-14-12(16)11(13)5-9-3-4-9/h9,11H,3-6,13H2,1-2H3,(H,14,16). The van der Waals surface area contributed by atoms with Crippen LogP contribution in [-0.4, -0.2) is 17.1 Å². The lowest BCUT2D eigenvalue weighted by Crippen LogP contribution is -2.40. The van der Waals surface area contributed by atoms with Crippen LogP contribution in [-0.2, 0) is 11.3 Å². The normalized spacial score (nSPS) is 16.9. The monoisotopic (exact) mass is 237 g/mol. The van der Waals surface area contributed by atoms with Gasteiger partial charge in [0.15, 0.2) is 0 Å². The third kappa shape index (κ3) is 3.06. The molecule has 1 atom stereocenters. The summed E-state index contributed by atoms with van der Waals surface area (Å²) in [7, 11) is 0. The Kier molecular flexibility index (Phi) is 3.47. The summed E-state index contributed by atoms with van der Waals surface area (Å²) in [5, 5.41) is 6.68. The molecular weight excluding hydrogens is 218 g/mol. The molecule has 1 aromatic rings. The highest BCUT2D eigenvalue weighted by Gasteiger charge is 2.27. The number of aryl methyl sites for hydroxylation is 2. The van der Waals surface area contributed by atoms with Crippen LogP contribution in [0.4, 0.5) is 0 Å². The first-order valence-electron chi connectivity index (χ1n) is 6.03. The zero-order valence-electron chi connectivity index (χ0n) is 10.3. The second-order valence-corrected chi connectivity index (χ2v) is 4.81. The molecule has 17 heavy (non-hydrogen) atoms. The van der Waals surface area contributed by atoms with E-state index in [2.05, 4.69) is 10.5 Å². The third-order valence-corrected chi connectivity index (χ3v) is 3.24. The lowest BCUT2D eigenvalue weighted by atomic mass is 10.1. The number of carbonyl (C=O) groups is 1. The fourth-order valence-electron chi connectivity index (χ4n) is 1.88. The van der Waals surface area contributed by atoms with Crippen molar-refractivity contribution in [3.05, 3.63) is 17.0 Å². The summed E-state index contributed by atoms with van der Waals surface area (Å²) < 4.78 is 5.03. The molecule has 1 aromatic heterocycles. The largest absolute Gasteiger partial charge is 0.361 e. The number of rotatable bonds is 5. The van der Waals surface area contributed by atoms with E-state index in [1.54, 1.807) is 0 Å². The van der Waals surface area contributed by atoms with E-state index in [4.69, 9.17) is 10.3 Å². The summed E-state index contributed by atoms with van der Waals surface area (Å²) in [5.74, 6) is 1.32. The molecular formula is C12H19N3O2. The maximum Gasteiger partial charge on any atom is 0.237 e. The first-order valence-corrected chi connectivity index (χ1v) is 6.03. The topological polar surface area (TPSA) is 81.2 Å². The van der Waals surface area contributed by atoms with E-state index in [1.807, 2.05) is 13.8 Å². The molecule has 1 fully saturated rings. The number of nitrogens with zero attached hydrogens (tertiary/aromatic N) is 1. The second-order valence-electron chi connectivity index (χ2n) is 4.81. The SMILES string of the molecule is Cc1noc(C)c1CNC(=O)C(N)CC1CC1. The van der Waals surface area contributed by atoms with Crippen molar-refractivity contribution >= 4 is 5.91 Å². The highest BCUT2D eigenvalue weighted by molar-refractivity contribution is 5.81. The maximum absolute atomic E-state index is 11.7. The summed E-state index contributed by atoms with van der Waals surface area (Å²) in [6, 6.07) is -0.386. The average molecular weight is 237 g/mol. The van der Waals surface area contributed by atoms with Gasteiger partial charge in [-0.15, -0.1) is 0 Å². The van der Waals surface area contributed by atoms with Gasteiger partial charge in [-0.05, 0) is 26.2 Å². The highest BCUT2D eigenvalue weighted by Crippen LogP contribution is 2.33. The van der Waals surface area contributed by atoms with Crippen molar-refractivity contribution in [1.82, 2.24) is 10.5 Å². The zero-order chi connectivity index (χ0) is 12.4. The van der Waals surface area contributed by atoms with Crippen molar-refractivity contribution in [1.29, 1.82) is 0 Å². The molecule has 2 rings (SSSR count). The molecule has 3 N–H and O–H groups in total. The van der Waals surface area contributed by atoms with Crippen LogP contribution in [0.15, 0.2) is 4.52 Å². The fourth-order valence-corrected chi connectivity index (χ4v) is 1.88. The van der Waals surface area contributed by atoms with E-state index in [0.717, 1.165) is 23.4 Å². The van der Waals surface area contributed by atoms with Crippen LogP contribution in [0.2, 0.25) is 0 Å². The molecule has 0 aromatic carbocycles. The first kappa shape index (κ1) is 12.1. The Morgan fingerprint density at radius 3 is 2.82 bits per heavy atom. The zero-order valence-corrected chi connectivity index (χ0v) is 10.3. The Morgan fingerprint density at radius 2 is 2.29 bits per heavy atom. The first-order chi connectivity index (χ1) is 8.08. The van der Waals surface area contributed by atoms with Gasteiger partial charge in [0, 0.05) is 12.1 Å². The van der Waals surface area contributed by atoms with Crippen LogP contribution in [0.3, 0.4) is 0 Å². The van der Waals surface area contributed by atoms with Gasteiger partial charge in [0.05, 0.1) is 11.7 Å². The molecule has 1 aliphatic rings. The molecule has 0 aliphatic heterocycles. The molecule has 0 bridgehead atoms. The van der Waals surface area contributed by atoms with Gasteiger partial charge in [0.25, 0.3) is 0 Å². The van der Waals surface area contributed by atoms with Crippen molar-refractivity contribution < 1.29 is 9.32 Å². The van der Waals surface area contributed by atoms with Gasteiger partial charge in [0.1, 0.15) is 5.76 Å². The predicted molar refractivity (Wildman–Crippen MR) is 63.1 cm³/mol. The van der Waals surface area contributed by atoms with E-state index >= 15 is 0 Å². The Hall–Kier alpha value is -1.36. The molecule has 5 heteroatoms. The van der Waals surface area contributed by atoms with Gasteiger partial charge in [-0.25, -0.2) is 0 Å². The summed E-state index contributed by atoms with van der Waals surface area (Å²) >= 11 is 0. The van der Waals surface area contributed by atoms with E-state index in [9.17, 15) is 4.79 Å². The van der Waals surface area contributed by atoms with E-state index in [-0.39, 0.29) is 11.9 Å². The molecule has 5 nitrogen and oxygen atoms in total. The Labute approximate surface area is 101 Å². The Bertz CT molecular complexity index is 390. The van der Waals surface area contributed by atoms with Crippen LogP contribution in [0, 0.1) is 19.8 Å². The van der Waals surface area contributed by atoms with E-state index < -0.39 is 0 Å². The Morgan fingerprint density at radius 1 is 1.59 bits per heavy atom. The van der Waals surface area contributed by atoms with Crippen molar-refractivity contribution in [2.45, 2.75) is 45.7 Å². The molecule has 94 valence electrons. The van der Waals surface area contributed by atoms with Crippen molar-refractivity contribution in [2.24, 2.45) is 11.7 Å². The highest BCUT2D eigenvalue weighted by atomic mass is 16.5. The van der Waals surface area contributed by atoms with Gasteiger partial charge in [-0.3, -0.25) is 4.79 Å². The molecule has 0 saturated heterocycles. The van der Waals surface area contributed by atoms with Crippen molar-refractivity contribution in [2.75, 3.05) is 0 Å². The van der Waals surface area contributed by atoms with Crippen molar-refractivity contribution in [3.8, 4) is 0 Å². The molecule has 1 heterocycles. The quantitative estimate of drug-likeness (QED) is 0.801. The molecule has 1 unspecified atom stereocenters. The van der Waals surface area contributed by atoms with Gasteiger partial charge in [-0.2, -0.15) is 0 Å². The van der Waals surface area contributed by atoms with Gasteiger partial charge < -0.3 is 15.6 Å². The number of amides is 1. The summed E-state index contributed by atoms with van der Waals surface area (Å²) in [4.78, 5) is 11.7. The van der Waals surface area contributed by atoms with Crippen LogP contribution in [0.25, 0.3) is 0 Å². The van der Waals surface area contributed by atoms with Gasteiger partial charge in [0.2, 0.25) is 5.91 Å². The van der Waals surface area contributed by atoms with Crippen LogP contribution < -0.4 is 11.1 Å². The minimum Gasteiger partial charge on any atom is -0.361 e. The summed E-state index contributed by atoms with van der Waals surface area (Å²) in [5.41, 5.74) is 7.58. The number of aromatic nitrogens is 1. The van der Waals surface area contributed by atoms with Gasteiger partial charge in [-0.1, -0.05) is 18.0 Å². The van der Waals surface area contributed by atoms with Crippen LogP contribution in [0.5, 0.6) is 0 Å². The van der Waals surface area contributed by atoms with E-state index in [1.165, 1.54) is 12.8 Å². The van der Waals surface area contributed by atoms with Gasteiger partial charge >= 0.3 is 0 Å². The predicted octanol–water partition coefficient (Wildman–Crippen LogP) is 1.04. The summed E-state index contributed by atoms with van der Waals surface area (Å²) in [6.07, 6.45) is 3.23. The van der Waals surface area contributed by atoms with Crippen molar-refractivity contribution in [3.63, 3.8) is 0 Å². The molecule has 0 radical (unpaired) electrons. The molecule has 1 aliphatic carbocycles. The smallest absolute Gasteiger partial charge is 0.237 e. The Balaban J connectivity index is 1.82.